The third-order valence-electron chi connectivity index (χ3n) is 7.18. The zero-order valence-corrected chi connectivity index (χ0v) is 23.2. The standard InChI is InChI=1S/C27H35N3O5S.ClH/c1-29(2)27(32)35-25-8-6-7-21-22-15-18-30(24(22)14-13-23(21)25)17-5-4-16-28-26(31)19-9-11-20(12-10-19)36(3,33)34;/h6-12,22,24H,4-5,13-18H2,1-3H3,(H,28,31);1H. The van der Waals surface area contributed by atoms with Gasteiger partial charge in [0.25, 0.3) is 5.91 Å². The molecule has 2 amide bonds. The highest BCUT2D eigenvalue weighted by atomic mass is 35.5. The van der Waals surface area contributed by atoms with E-state index in [4.69, 9.17) is 4.74 Å². The van der Waals surface area contributed by atoms with Gasteiger partial charge >= 0.3 is 6.09 Å². The number of nitrogens with one attached hydrogen (secondary N) is 1. The molecule has 202 valence electrons. The van der Waals surface area contributed by atoms with Crippen LogP contribution in [0.2, 0.25) is 0 Å². The Bertz CT molecular complexity index is 1220. The molecule has 1 heterocycles. The van der Waals surface area contributed by atoms with Crippen LogP contribution in [0.5, 0.6) is 5.75 Å². The van der Waals surface area contributed by atoms with Gasteiger partial charge in [0.05, 0.1) is 4.90 Å². The quantitative estimate of drug-likeness (QED) is 0.502. The molecular weight excluding hydrogens is 514 g/mol. The average Bonchev–Trinajstić information content (AvgIpc) is 3.27. The fourth-order valence-electron chi connectivity index (χ4n) is 5.31. The number of nitrogens with zero attached hydrogens (tertiary/aromatic N) is 2. The van der Waals surface area contributed by atoms with Crippen LogP contribution in [0.1, 0.15) is 53.1 Å². The molecule has 2 atom stereocenters. The van der Waals surface area contributed by atoms with E-state index in [0.29, 0.717) is 29.8 Å². The minimum atomic E-state index is -3.27. The maximum Gasteiger partial charge on any atom is 0.414 e. The molecule has 0 aromatic heterocycles. The average molecular weight is 550 g/mol. The number of carbonyl (C=O) groups is 2. The van der Waals surface area contributed by atoms with E-state index in [2.05, 4.69) is 16.3 Å². The summed E-state index contributed by atoms with van der Waals surface area (Å²) in [5.74, 6) is 0.956. The Hall–Kier alpha value is -2.62. The maximum atomic E-state index is 12.4. The van der Waals surface area contributed by atoms with Crippen molar-refractivity contribution in [2.75, 3.05) is 40.0 Å². The van der Waals surface area contributed by atoms with Crippen molar-refractivity contribution in [2.45, 2.75) is 49.0 Å². The lowest BCUT2D eigenvalue weighted by Gasteiger charge is -2.34. The highest BCUT2D eigenvalue weighted by Gasteiger charge is 2.39. The van der Waals surface area contributed by atoms with Gasteiger partial charge in [-0.15, -0.1) is 12.4 Å². The number of sulfone groups is 1. The number of benzene rings is 2. The number of unbranched alkanes of at least 4 members (excludes halogenated alkanes) is 1. The fourth-order valence-corrected chi connectivity index (χ4v) is 5.94. The van der Waals surface area contributed by atoms with E-state index in [0.717, 1.165) is 51.4 Å². The lowest BCUT2D eigenvalue weighted by molar-refractivity contribution is 0.0952. The molecule has 0 bridgehead atoms. The van der Waals surface area contributed by atoms with E-state index >= 15 is 0 Å². The van der Waals surface area contributed by atoms with Crippen LogP contribution in [0.3, 0.4) is 0 Å². The van der Waals surface area contributed by atoms with Crippen LogP contribution in [0, 0.1) is 0 Å². The topological polar surface area (TPSA) is 96.0 Å². The van der Waals surface area contributed by atoms with Gasteiger partial charge in [0, 0.05) is 44.4 Å². The molecule has 37 heavy (non-hydrogen) atoms. The molecule has 0 spiro atoms. The summed E-state index contributed by atoms with van der Waals surface area (Å²) < 4.78 is 28.8. The third kappa shape index (κ3) is 6.83. The van der Waals surface area contributed by atoms with Gasteiger partial charge in [-0.1, -0.05) is 12.1 Å². The number of halogens is 1. The summed E-state index contributed by atoms with van der Waals surface area (Å²) in [6.07, 6.45) is 5.72. The predicted octanol–water partition coefficient (Wildman–Crippen LogP) is 3.89. The van der Waals surface area contributed by atoms with Crippen molar-refractivity contribution in [3.63, 3.8) is 0 Å². The summed E-state index contributed by atoms with van der Waals surface area (Å²) in [5, 5.41) is 2.93. The molecule has 1 saturated heterocycles. The van der Waals surface area contributed by atoms with E-state index in [1.165, 1.54) is 28.2 Å². The second-order valence-corrected chi connectivity index (χ2v) is 11.9. The van der Waals surface area contributed by atoms with Crippen LogP contribution >= 0.6 is 12.4 Å². The summed E-state index contributed by atoms with van der Waals surface area (Å²) in [6.45, 7) is 2.62. The minimum Gasteiger partial charge on any atom is -0.410 e. The van der Waals surface area contributed by atoms with Crippen LogP contribution in [0.4, 0.5) is 4.79 Å². The van der Waals surface area contributed by atoms with Crippen molar-refractivity contribution in [3.8, 4) is 5.75 Å². The number of rotatable bonds is 8. The van der Waals surface area contributed by atoms with Crippen LogP contribution in [-0.2, 0) is 16.3 Å². The summed E-state index contributed by atoms with van der Waals surface area (Å²) in [4.78, 5) is 28.6. The first-order chi connectivity index (χ1) is 17.1. The molecule has 1 N–H and O–H groups in total. The Labute approximate surface area is 225 Å². The molecule has 0 saturated carbocycles. The van der Waals surface area contributed by atoms with Gasteiger partial charge in [-0.2, -0.15) is 0 Å². The maximum absolute atomic E-state index is 12.4. The molecule has 10 heteroatoms. The van der Waals surface area contributed by atoms with E-state index in [-0.39, 0.29) is 29.3 Å². The molecule has 2 aromatic carbocycles. The smallest absolute Gasteiger partial charge is 0.410 e. The second-order valence-electron chi connectivity index (χ2n) is 9.88. The van der Waals surface area contributed by atoms with Crippen LogP contribution < -0.4 is 10.1 Å². The van der Waals surface area contributed by atoms with Gasteiger partial charge in [0.2, 0.25) is 0 Å². The number of hydrogen-bond acceptors (Lipinski definition) is 6. The molecule has 2 aliphatic rings. The molecule has 0 radical (unpaired) electrons. The fraction of sp³-hybridized carbons (Fsp3) is 0.481. The number of ether oxygens (including phenoxy) is 1. The Morgan fingerprint density at radius 2 is 1.81 bits per heavy atom. The zero-order valence-electron chi connectivity index (χ0n) is 21.6. The van der Waals surface area contributed by atoms with E-state index < -0.39 is 9.84 Å². The first kappa shape index (κ1) is 28.9. The number of amides is 2. The highest BCUT2D eigenvalue weighted by Crippen LogP contribution is 2.44. The zero-order chi connectivity index (χ0) is 25.9. The van der Waals surface area contributed by atoms with E-state index in [1.54, 1.807) is 26.2 Å². The number of hydrogen-bond donors (Lipinski definition) is 1. The summed E-state index contributed by atoms with van der Waals surface area (Å²) >= 11 is 0. The van der Waals surface area contributed by atoms with Crippen molar-refractivity contribution in [3.05, 3.63) is 59.2 Å². The molecule has 2 unspecified atom stereocenters. The molecule has 1 aliphatic carbocycles. The number of carbonyl (C=O) groups excluding carboxylic acids is 2. The van der Waals surface area contributed by atoms with Crippen molar-refractivity contribution >= 4 is 34.2 Å². The van der Waals surface area contributed by atoms with Crippen molar-refractivity contribution in [2.24, 2.45) is 0 Å². The van der Waals surface area contributed by atoms with E-state index in [9.17, 15) is 18.0 Å². The lowest BCUT2D eigenvalue weighted by Crippen LogP contribution is -2.36. The third-order valence-corrected chi connectivity index (χ3v) is 8.31. The Kier molecular flexibility index (Phi) is 9.61. The Balaban J connectivity index is 0.00000380. The Morgan fingerprint density at radius 1 is 1.08 bits per heavy atom. The molecular formula is C27H36ClN3O5S. The summed E-state index contributed by atoms with van der Waals surface area (Å²) in [6, 6.07) is 12.6. The minimum absolute atomic E-state index is 0. The predicted molar refractivity (Wildman–Crippen MR) is 146 cm³/mol. The monoisotopic (exact) mass is 549 g/mol. The lowest BCUT2D eigenvalue weighted by atomic mass is 9.79. The van der Waals surface area contributed by atoms with Crippen molar-refractivity contribution in [1.29, 1.82) is 0 Å². The van der Waals surface area contributed by atoms with Crippen molar-refractivity contribution in [1.82, 2.24) is 15.1 Å². The van der Waals surface area contributed by atoms with Crippen LogP contribution in [-0.4, -0.2) is 76.2 Å². The van der Waals surface area contributed by atoms with Crippen molar-refractivity contribution < 1.29 is 22.7 Å². The van der Waals surface area contributed by atoms with Crippen LogP contribution in [0.25, 0.3) is 0 Å². The highest BCUT2D eigenvalue weighted by molar-refractivity contribution is 7.90. The molecule has 2 aromatic rings. The van der Waals surface area contributed by atoms with Gasteiger partial charge in [-0.25, -0.2) is 13.2 Å². The SMILES string of the molecule is CN(C)C(=O)Oc1cccc2c1CCC1C2CCN1CCCCNC(=O)c1ccc(S(C)(=O)=O)cc1.Cl. The number of likely N-dealkylation sites (tertiary alicyclic amines) is 1. The molecule has 4 rings (SSSR count). The first-order valence-corrected chi connectivity index (χ1v) is 14.4. The molecule has 1 aliphatic heterocycles. The molecule has 8 nitrogen and oxygen atoms in total. The van der Waals surface area contributed by atoms with Gasteiger partial charge in [-0.3, -0.25) is 9.69 Å². The van der Waals surface area contributed by atoms with Gasteiger partial charge in [0.1, 0.15) is 5.75 Å². The second kappa shape index (κ2) is 12.3. The van der Waals surface area contributed by atoms with Crippen LogP contribution in [0.15, 0.2) is 47.4 Å². The summed E-state index contributed by atoms with van der Waals surface area (Å²) in [5.41, 5.74) is 2.94. The normalized spacial score (nSPS) is 18.8. The van der Waals surface area contributed by atoms with Gasteiger partial charge in [0.15, 0.2) is 9.84 Å². The summed E-state index contributed by atoms with van der Waals surface area (Å²) in [7, 11) is 0.102. The van der Waals surface area contributed by atoms with E-state index in [1.807, 2.05) is 12.1 Å². The first-order valence-electron chi connectivity index (χ1n) is 12.5. The molecule has 1 fully saturated rings. The Morgan fingerprint density at radius 3 is 2.49 bits per heavy atom. The van der Waals surface area contributed by atoms with Gasteiger partial charge < -0.3 is 15.0 Å². The largest absolute Gasteiger partial charge is 0.414 e. The van der Waals surface area contributed by atoms with Gasteiger partial charge in [-0.05, 0) is 86.7 Å². The number of fused-ring (bicyclic) bond motifs is 3.